The number of allylic oxidation sites excluding steroid dienone is 4. The van der Waals surface area contributed by atoms with Crippen LogP contribution in [0.25, 0.3) is 11.1 Å². The summed E-state index contributed by atoms with van der Waals surface area (Å²) in [6, 6.07) is 28.3. The van der Waals surface area contributed by atoms with E-state index in [1.165, 1.54) is 80.0 Å². The van der Waals surface area contributed by atoms with Gasteiger partial charge in [0, 0.05) is 0 Å². The van der Waals surface area contributed by atoms with Gasteiger partial charge in [0.2, 0.25) is 0 Å². The summed E-state index contributed by atoms with van der Waals surface area (Å²) in [5.74, 6) is 0. The molecule has 0 atom stereocenters. The summed E-state index contributed by atoms with van der Waals surface area (Å²) < 4.78 is 10.1. The van der Waals surface area contributed by atoms with Gasteiger partial charge in [0.1, 0.15) is 0 Å². The Morgan fingerprint density at radius 1 is 0.558 bits per heavy atom. The van der Waals surface area contributed by atoms with E-state index in [1.807, 2.05) is 0 Å². The van der Waals surface area contributed by atoms with E-state index >= 15 is 0 Å². The van der Waals surface area contributed by atoms with Gasteiger partial charge in [-0.3, -0.25) is 0 Å². The SMILES string of the molecule is Cl.Cl.[CH2]=[Zr]([C]1=CC=CC1)([c]1ccc(Cl)cc1)([c]1ccc(Cl)cc1)[CH]1c2cc3c(cc2-c2cc4c(cc21)C(C)(C)CCC4(C)C)C(C)(C)CCC3(C)C. The average Bonchev–Trinajstić information content (AvgIpc) is 3.73. The Bertz CT molecular complexity index is 2080. The third-order valence-corrected chi connectivity index (χ3v) is 31.9. The zero-order valence-corrected chi connectivity index (χ0v) is 37.7. The van der Waals surface area contributed by atoms with Crippen molar-refractivity contribution in [2.24, 2.45) is 0 Å². The van der Waals surface area contributed by atoms with Crippen molar-refractivity contribution in [3.8, 4) is 11.1 Å². The van der Waals surface area contributed by atoms with E-state index < -0.39 is 18.3 Å². The number of rotatable bonds is 4. The van der Waals surface area contributed by atoms with E-state index in [0.29, 0.717) is 0 Å². The molecule has 0 fully saturated rings. The molecule has 0 unspecified atom stereocenters. The molecule has 0 spiro atoms. The van der Waals surface area contributed by atoms with Gasteiger partial charge in [-0.05, 0) is 0 Å². The summed E-state index contributed by atoms with van der Waals surface area (Å²) in [7, 11) is 0. The quantitative estimate of drug-likeness (QED) is 0.192. The number of hydrogen-bond acceptors (Lipinski definition) is 0. The minimum atomic E-state index is -5.00. The third-order valence-electron chi connectivity index (χ3n) is 14.1. The molecular formula is C47H54Cl4Zr. The first-order valence-electron chi connectivity index (χ1n) is 18.7. The van der Waals surface area contributed by atoms with Crippen molar-refractivity contribution >= 4 is 58.8 Å². The van der Waals surface area contributed by atoms with Gasteiger partial charge in [-0.2, -0.15) is 0 Å². The van der Waals surface area contributed by atoms with Gasteiger partial charge in [0.25, 0.3) is 0 Å². The molecule has 0 nitrogen and oxygen atoms in total. The monoisotopic (exact) mass is 848 g/mol. The van der Waals surface area contributed by atoms with Crippen LogP contribution < -0.4 is 6.54 Å². The second-order valence-electron chi connectivity index (χ2n) is 18.8. The first kappa shape index (κ1) is 40.0. The Kier molecular flexibility index (Phi) is 9.93. The fourth-order valence-electron chi connectivity index (χ4n) is 10.6. The molecule has 4 aromatic rings. The summed E-state index contributed by atoms with van der Waals surface area (Å²) in [6.45, 7) is 19.7. The third kappa shape index (κ3) is 5.56. The minimum absolute atomic E-state index is 0. The fourth-order valence-corrected chi connectivity index (χ4v) is 27.8. The molecule has 0 N–H and O–H groups in total. The van der Waals surface area contributed by atoms with Crippen LogP contribution in [0.5, 0.6) is 0 Å². The van der Waals surface area contributed by atoms with Gasteiger partial charge in [0.05, 0.1) is 0 Å². The van der Waals surface area contributed by atoms with E-state index in [2.05, 4.69) is 146 Å². The van der Waals surface area contributed by atoms with Gasteiger partial charge in [-0.15, -0.1) is 24.8 Å². The van der Waals surface area contributed by atoms with Crippen molar-refractivity contribution in [3.63, 3.8) is 0 Å². The Morgan fingerprint density at radius 3 is 1.23 bits per heavy atom. The van der Waals surface area contributed by atoms with E-state index in [9.17, 15) is 0 Å². The Hall–Kier alpha value is -1.73. The molecule has 0 radical (unpaired) electrons. The van der Waals surface area contributed by atoms with Crippen LogP contribution in [-0.2, 0) is 40.0 Å². The molecule has 4 aromatic carbocycles. The van der Waals surface area contributed by atoms with Crippen molar-refractivity contribution in [3.05, 3.63) is 138 Å². The van der Waals surface area contributed by atoms with E-state index in [1.54, 1.807) is 0 Å². The molecule has 0 saturated heterocycles. The average molecular weight is 852 g/mol. The van der Waals surface area contributed by atoms with Crippen molar-refractivity contribution in [1.29, 1.82) is 0 Å². The van der Waals surface area contributed by atoms with Crippen molar-refractivity contribution in [2.45, 2.75) is 113 Å². The molecular weight excluding hydrogens is 798 g/mol. The van der Waals surface area contributed by atoms with Crippen LogP contribution in [0.4, 0.5) is 0 Å². The second kappa shape index (κ2) is 12.9. The van der Waals surface area contributed by atoms with Crippen LogP contribution in [0, 0.1) is 0 Å². The summed E-state index contributed by atoms with van der Waals surface area (Å²) >= 11 is 8.38. The van der Waals surface area contributed by atoms with Gasteiger partial charge in [-0.1, -0.05) is 0 Å². The number of halogens is 4. The summed E-state index contributed by atoms with van der Waals surface area (Å²) in [5.41, 5.74) is 12.3. The Balaban J connectivity index is 0.00000232. The Labute approximate surface area is 335 Å². The predicted molar refractivity (Wildman–Crippen MR) is 230 cm³/mol. The van der Waals surface area contributed by atoms with Crippen LogP contribution >= 0.6 is 48.0 Å². The zero-order chi connectivity index (χ0) is 35.7. The molecule has 5 heteroatoms. The number of benzene rings is 4. The number of fused-ring (bicyclic) bond motifs is 5. The normalized spacial score (nSPS) is 20.4. The topological polar surface area (TPSA) is 0 Å². The van der Waals surface area contributed by atoms with Crippen LogP contribution in [0.2, 0.25) is 10.0 Å². The second-order valence-corrected chi connectivity index (χ2v) is 33.1. The molecule has 274 valence electrons. The molecule has 52 heavy (non-hydrogen) atoms. The van der Waals surface area contributed by atoms with Crippen LogP contribution in [0.15, 0.2) is 94.3 Å². The first-order valence-corrected chi connectivity index (χ1v) is 26.3. The number of hydrogen-bond donors (Lipinski definition) is 0. The Morgan fingerprint density at radius 2 is 0.904 bits per heavy atom. The van der Waals surface area contributed by atoms with Gasteiger partial charge in [0.15, 0.2) is 0 Å². The molecule has 4 aliphatic carbocycles. The molecule has 4 aliphatic rings. The molecule has 0 bridgehead atoms. The standard InChI is InChI=1S/C29H37.2C6H4Cl.C5H5.CH2.2ClH.Zr/c1-26(2)9-11-28(5,6)24-16-20-18(14-22(24)26)13-19-15-23-25(17-21(19)20)29(7,8)12-10-27(23,3)4;2*7-6-4-2-1-3-5-6;1-2-4-5-3-1;;;;/h13-17H,9-12H2,1-8H3;2*2-5H;1-3H,4H2;1H2;2*1H;. The van der Waals surface area contributed by atoms with Crippen LogP contribution in [-0.4, -0.2) is 4.21 Å². The van der Waals surface area contributed by atoms with Gasteiger partial charge < -0.3 is 0 Å². The molecule has 0 aromatic heterocycles. The van der Waals surface area contributed by atoms with Crippen LogP contribution in [0.1, 0.15) is 125 Å². The molecule has 0 saturated carbocycles. The molecule has 0 aliphatic heterocycles. The van der Waals surface area contributed by atoms with E-state index in [4.69, 9.17) is 27.4 Å². The maximum atomic E-state index is 6.69. The predicted octanol–water partition coefficient (Wildman–Crippen LogP) is 13.2. The first-order chi connectivity index (χ1) is 23.4. The zero-order valence-electron chi connectivity index (χ0n) is 32.1. The summed E-state index contributed by atoms with van der Waals surface area (Å²) in [6.07, 6.45) is 12.7. The molecule has 0 heterocycles. The fraction of sp³-hybridized carbons (Fsp3) is 0.383. The van der Waals surface area contributed by atoms with Gasteiger partial charge >= 0.3 is 314 Å². The van der Waals surface area contributed by atoms with Crippen molar-refractivity contribution < 1.29 is 18.3 Å². The summed E-state index contributed by atoms with van der Waals surface area (Å²) in [5, 5.41) is 1.52. The van der Waals surface area contributed by atoms with E-state index in [0.717, 1.165) is 16.5 Å². The van der Waals surface area contributed by atoms with Crippen LogP contribution in [0.3, 0.4) is 0 Å². The van der Waals surface area contributed by atoms with Gasteiger partial charge in [-0.25, -0.2) is 0 Å². The maximum absolute atomic E-state index is 6.69. The molecule has 8 rings (SSSR count). The van der Waals surface area contributed by atoms with Crippen molar-refractivity contribution in [1.82, 2.24) is 0 Å². The van der Waals surface area contributed by atoms with E-state index in [-0.39, 0.29) is 50.1 Å². The van der Waals surface area contributed by atoms with Crippen molar-refractivity contribution in [2.75, 3.05) is 0 Å². The molecule has 0 amide bonds. The summed E-state index contributed by atoms with van der Waals surface area (Å²) in [4.78, 5) is 0.